The molecular formula is C21H24N4. The van der Waals surface area contributed by atoms with Crippen LogP contribution in [0.1, 0.15) is 6.92 Å². The molecule has 0 atom stereocenters. The molecule has 1 fully saturated rings. The Bertz CT molecular complexity index is 799. The zero-order valence-corrected chi connectivity index (χ0v) is 14.7. The summed E-state index contributed by atoms with van der Waals surface area (Å²) >= 11 is 0. The topological polar surface area (TPSA) is 24.3 Å². The van der Waals surface area contributed by atoms with E-state index in [1.165, 1.54) is 11.3 Å². The normalized spacial score (nSPS) is 15.5. The molecule has 4 heteroatoms. The van der Waals surface area contributed by atoms with E-state index in [0.29, 0.717) is 0 Å². The summed E-state index contributed by atoms with van der Waals surface area (Å²) < 4.78 is 2.01. The third kappa shape index (κ3) is 3.30. The SMILES string of the molecule is CCN1CCN(c2ccc(-n3nccc3-c3ccccc3)cc2)CC1. The number of piperazine rings is 1. The van der Waals surface area contributed by atoms with Gasteiger partial charge in [-0.05, 0) is 36.9 Å². The number of hydrogen-bond donors (Lipinski definition) is 0. The molecule has 1 aliphatic heterocycles. The number of benzene rings is 2. The Morgan fingerprint density at radius 2 is 1.48 bits per heavy atom. The first kappa shape index (κ1) is 15.9. The molecule has 1 aliphatic rings. The van der Waals surface area contributed by atoms with Crippen molar-refractivity contribution in [3.8, 4) is 16.9 Å². The maximum Gasteiger partial charge on any atom is 0.0740 e. The maximum atomic E-state index is 4.52. The Kier molecular flexibility index (Phi) is 4.53. The van der Waals surface area contributed by atoms with Gasteiger partial charge in [0.1, 0.15) is 0 Å². The van der Waals surface area contributed by atoms with Gasteiger partial charge in [0.15, 0.2) is 0 Å². The highest BCUT2D eigenvalue weighted by Gasteiger charge is 2.16. The lowest BCUT2D eigenvalue weighted by Crippen LogP contribution is -2.46. The monoisotopic (exact) mass is 332 g/mol. The van der Waals surface area contributed by atoms with Gasteiger partial charge in [0, 0.05) is 37.4 Å². The predicted molar refractivity (Wildman–Crippen MR) is 103 cm³/mol. The van der Waals surface area contributed by atoms with Crippen molar-refractivity contribution in [3.63, 3.8) is 0 Å². The minimum atomic E-state index is 1.10. The molecule has 4 rings (SSSR count). The Morgan fingerprint density at radius 3 is 2.16 bits per heavy atom. The molecule has 0 aliphatic carbocycles. The first-order valence-electron chi connectivity index (χ1n) is 9.02. The van der Waals surface area contributed by atoms with Gasteiger partial charge in [0.2, 0.25) is 0 Å². The third-order valence-corrected chi connectivity index (χ3v) is 4.99. The quantitative estimate of drug-likeness (QED) is 0.728. The van der Waals surface area contributed by atoms with Gasteiger partial charge in [-0.25, -0.2) is 4.68 Å². The fourth-order valence-electron chi connectivity index (χ4n) is 3.46. The highest BCUT2D eigenvalue weighted by molar-refractivity contribution is 5.62. The van der Waals surface area contributed by atoms with Crippen molar-refractivity contribution in [2.24, 2.45) is 0 Å². The summed E-state index contributed by atoms with van der Waals surface area (Å²) in [6.45, 7) is 7.88. The zero-order valence-electron chi connectivity index (χ0n) is 14.7. The Labute approximate surface area is 149 Å². The lowest BCUT2D eigenvalue weighted by atomic mass is 10.1. The predicted octanol–water partition coefficient (Wildman–Crippen LogP) is 3.68. The van der Waals surface area contributed by atoms with E-state index in [1.807, 2.05) is 16.9 Å². The Balaban J connectivity index is 1.55. The van der Waals surface area contributed by atoms with E-state index in [-0.39, 0.29) is 0 Å². The van der Waals surface area contributed by atoms with Crippen LogP contribution in [-0.4, -0.2) is 47.4 Å². The smallest absolute Gasteiger partial charge is 0.0740 e. The second-order valence-corrected chi connectivity index (χ2v) is 6.43. The van der Waals surface area contributed by atoms with Crippen LogP contribution in [0.25, 0.3) is 16.9 Å². The molecule has 0 radical (unpaired) electrons. The van der Waals surface area contributed by atoms with E-state index in [0.717, 1.165) is 44.1 Å². The molecule has 2 heterocycles. The number of rotatable bonds is 4. The molecule has 0 spiro atoms. The van der Waals surface area contributed by atoms with Crippen LogP contribution in [0.5, 0.6) is 0 Å². The number of likely N-dealkylation sites (N-methyl/N-ethyl adjacent to an activating group) is 1. The van der Waals surface area contributed by atoms with Crippen molar-refractivity contribution in [2.75, 3.05) is 37.6 Å². The van der Waals surface area contributed by atoms with E-state index in [1.54, 1.807) is 0 Å². The van der Waals surface area contributed by atoms with Crippen molar-refractivity contribution < 1.29 is 0 Å². The first-order chi connectivity index (χ1) is 12.3. The Hall–Kier alpha value is -2.59. The van der Waals surface area contributed by atoms with E-state index < -0.39 is 0 Å². The van der Waals surface area contributed by atoms with Gasteiger partial charge in [0.05, 0.1) is 17.6 Å². The number of aromatic nitrogens is 2. The molecule has 1 saturated heterocycles. The fraction of sp³-hybridized carbons (Fsp3) is 0.286. The largest absolute Gasteiger partial charge is 0.369 e. The fourth-order valence-corrected chi connectivity index (χ4v) is 3.46. The van der Waals surface area contributed by atoms with E-state index in [4.69, 9.17) is 0 Å². The van der Waals surface area contributed by atoms with Gasteiger partial charge in [-0.3, -0.25) is 0 Å². The summed E-state index contributed by atoms with van der Waals surface area (Å²) in [7, 11) is 0. The summed E-state index contributed by atoms with van der Waals surface area (Å²) in [6.07, 6.45) is 1.86. The summed E-state index contributed by atoms with van der Waals surface area (Å²) in [5.74, 6) is 0. The third-order valence-electron chi connectivity index (χ3n) is 4.99. The molecule has 128 valence electrons. The second kappa shape index (κ2) is 7.11. The molecule has 0 saturated carbocycles. The highest BCUT2D eigenvalue weighted by Crippen LogP contribution is 2.24. The summed E-state index contributed by atoms with van der Waals surface area (Å²) in [4.78, 5) is 4.97. The standard InChI is InChI=1S/C21H24N4/c1-2-23-14-16-24(17-15-23)19-8-10-20(11-9-19)25-21(12-13-22-25)18-6-4-3-5-7-18/h3-13H,2,14-17H2,1H3. The molecule has 4 nitrogen and oxygen atoms in total. The number of anilines is 1. The number of nitrogens with zero attached hydrogens (tertiary/aromatic N) is 4. The number of hydrogen-bond acceptors (Lipinski definition) is 3. The van der Waals surface area contributed by atoms with E-state index >= 15 is 0 Å². The molecule has 0 N–H and O–H groups in total. The maximum absolute atomic E-state index is 4.52. The van der Waals surface area contributed by atoms with Crippen LogP contribution in [-0.2, 0) is 0 Å². The average Bonchev–Trinajstić information content (AvgIpc) is 3.19. The van der Waals surface area contributed by atoms with Gasteiger partial charge in [-0.15, -0.1) is 0 Å². The van der Waals surface area contributed by atoms with Crippen LogP contribution in [0, 0.1) is 0 Å². The van der Waals surface area contributed by atoms with Crippen molar-refractivity contribution in [1.29, 1.82) is 0 Å². The summed E-state index contributed by atoms with van der Waals surface area (Å²) in [5.41, 5.74) is 4.69. The molecular weight excluding hydrogens is 308 g/mol. The van der Waals surface area contributed by atoms with Crippen LogP contribution in [0.3, 0.4) is 0 Å². The van der Waals surface area contributed by atoms with Crippen LogP contribution >= 0.6 is 0 Å². The van der Waals surface area contributed by atoms with Crippen LogP contribution in [0.4, 0.5) is 5.69 Å². The minimum Gasteiger partial charge on any atom is -0.369 e. The van der Waals surface area contributed by atoms with Gasteiger partial charge in [-0.1, -0.05) is 37.3 Å². The molecule has 1 aromatic heterocycles. The van der Waals surface area contributed by atoms with Crippen molar-refractivity contribution in [1.82, 2.24) is 14.7 Å². The molecule has 0 amide bonds. The lowest BCUT2D eigenvalue weighted by molar-refractivity contribution is 0.271. The highest BCUT2D eigenvalue weighted by atomic mass is 15.3. The average molecular weight is 332 g/mol. The molecule has 2 aromatic carbocycles. The minimum absolute atomic E-state index is 1.10. The van der Waals surface area contributed by atoms with Crippen molar-refractivity contribution >= 4 is 5.69 Å². The molecule has 0 unspecified atom stereocenters. The lowest BCUT2D eigenvalue weighted by Gasteiger charge is -2.35. The summed E-state index contributed by atoms with van der Waals surface area (Å²) in [6, 6.07) is 21.2. The van der Waals surface area contributed by atoms with Gasteiger partial charge < -0.3 is 9.80 Å². The van der Waals surface area contributed by atoms with Crippen molar-refractivity contribution in [3.05, 3.63) is 66.9 Å². The molecule has 0 bridgehead atoms. The molecule has 25 heavy (non-hydrogen) atoms. The first-order valence-corrected chi connectivity index (χ1v) is 9.02. The van der Waals surface area contributed by atoms with E-state index in [2.05, 4.69) is 76.4 Å². The van der Waals surface area contributed by atoms with Crippen molar-refractivity contribution in [2.45, 2.75) is 6.92 Å². The molecule has 3 aromatic rings. The second-order valence-electron chi connectivity index (χ2n) is 6.43. The zero-order chi connectivity index (χ0) is 17.1. The van der Waals surface area contributed by atoms with Gasteiger partial charge in [0.25, 0.3) is 0 Å². The Morgan fingerprint density at radius 1 is 0.800 bits per heavy atom. The van der Waals surface area contributed by atoms with Crippen LogP contribution < -0.4 is 4.90 Å². The van der Waals surface area contributed by atoms with Crippen LogP contribution in [0.15, 0.2) is 66.9 Å². The summed E-state index contributed by atoms with van der Waals surface area (Å²) in [5, 5.41) is 4.52. The van der Waals surface area contributed by atoms with E-state index in [9.17, 15) is 0 Å². The van der Waals surface area contributed by atoms with Crippen LogP contribution in [0.2, 0.25) is 0 Å². The van der Waals surface area contributed by atoms with Gasteiger partial charge >= 0.3 is 0 Å². The van der Waals surface area contributed by atoms with Gasteiger partial charge in [-0.2, -0.15) is 5.10 Å².